The summed E-state index contributed by atoms with van der Waals surface area (Å²) in [6, 6.07) is 1.89. The molecule has 1 aromatic rings. The van der Waals surface area contributed by atoms with Crippen molar-refractivity contribution in [2.24, 2.45) is 0 Å². The van der Waals surface area contributed by atoms with E-state index >= 15 is 0 Å². The lowest BCUT2D eigenvalue weighted by molar-refractivity contribution is -0.127. The van der Waals surface area contributed by atoms with Gasteiger partial charge >= 0.3 is 0 Å². The molecule has 2 rings (SSSR count). The molecule has 1 aliphatic carbocycles. The second-order valence-electron chi connectivity index (χ2n) is 4.80. The van der Waals surface area contributed by atoms with E-state index in [9.17, 15) is 5.11 Å². The molecule has 1 aromatic heterocycles. The van der Waals surface area contributed by atoms with Gasteiger partial charge in [-0.25, -0.2) is 0 Å². The van der Waals surface area contributed by atoms with Crippen molar-refractivity contribution in [2.75, 3.05) is 7.11 Å². The van der Waals surface area contributed by atoms with Crippen molar-refractivity contribution in [2.45, 2.75) is 57.3 Å². The number of hydrogen-bond donors (Lipinski definition) is 1. The summed E-state index contributed by atoms with van der Waals surface area (Å²) in [5.74, 6) is 0. The lowest BCUT2D eigenvalue weighted by atomic mass is 9.79. The molecule has 17 heavy (non-hydrogen) atoms. The quantitative estimate of drug-likeness (QED) is 0.875. The minimum absolute atomic E-state index is 0.412. The van der Waals surface area contributed by atoms with Crippen molar-refractivity contribution in [1.29, 1.82) is 0 Å². The molecule has 1 unspecified atom stereocenters. The van der Waals surface area contributed by atoms with Gasteiger partial charge in [-0.1, -0.05) is 19.3 Å². The van der Waals surface area contributed by atoms with Crippen LogP contribution in [0.15, 0.2) is 12.3 Å². The van der Waals surface area contributed by atoms with Crippen LogP contribution in [0.4, 0.5) is 0 Å². The van der Waals surface area contributed by atoms with Crippen LogP contribution in [0.5, 0.6) is 0 Å². The van der Waals surface area contributed by atoms with E-state index in [1.165, 1.54) is 6.42 Å². The number of methoxy groups -OCH3 is 1. The second-order valence-corrected chi connectivity index (χ2v) is 4.80. The van der Waals surface area contributed by atoms with E-state index in [0.717, 1.165) is 37.9 Å². The van der Waals surface area contributed by atoms with Gasteiger partial charge in [0, 0.05) is 19.9 Å². The van der Waals surface area contributed by atoms with E-state index in [0.29, 0.717) is 0 Å². The van der Waals surface area contributed by atoms with Crippen LogP contribution in [-0.4, -0.2) is 27.6 Å². The molecule has 4 nitrogen and oxygen atoms in total. The van der Waals surface area contributed by atoms with Gasteiger partial charge < -0.3 is 9.84 Å². The summed E-state index contributed by atoms with van der Waals surface area (Å²) in [5, 5.41) is 14.8. The van der Waals surface area contributed by atoms with E-state index in [1.807, 2.05) is 17.7 Å². The summed E-state index contributed by atoms with van der Waals surface area (Å²) in [7, 11) is 1.71. The Balaban J connectivity index is 2.24. The summed E-state index contributed by atoms with van der Waals surface area (Å²) in [6.07, 6.45) is 6.53. The van der Waals surface area contributed by atoms with Gasteiger partial charge in [0.25, 0.3) is 0 Å². The minimum atomic E-state index is -0.574. The zero-order valence-corrected chi connectivity index (χ0v) is 10.7. The number of aromatic nitrogens is 2. The molecule has 0 aromatic carbocycles. The Kier molecular flexibility index (Phi) is 3.84. The highest BCUT2D eigenvalue weighted by atomic mass is 16.5. The van der Waals surface area contributed by atoms with Crippen LogP contribution >= 0.6 is 0 Å². The standard InChI is InChI=1S/C13H22N2O2/c1-3-15-11(7-10-14-15)12(16)13(17-2)8-5-4-6-9-13/h7,10,12,16H,3-6,8-9H2,1-2H3. The number of ether oxygens (including phenoxy) is 1. The maximum absolute atomic E-state index is 10.6. The number of aliphatic hydroxyl groups is 1. The van der Waals surface area contributed by atoms with Crippen molar-refractivity contribution in [3.05, 3.63) is 18.0 Å². The maximum atomic E-state index is 10.6. The number of aryl methyl sites for hydroxylation is 1. The molecule has 0 radical (unpaired) electrons. The van der Waals surface area contributed by atoms with Crippen molar-refractivity contribution in [1.82, 2.24) is 9.78 Å². The van der Waals surface area contributed by atoms with Gasteiger partial charge in [0.1, 0.15) is 6.10 Å². The maximum Gasteiger partial charge on any atom is 0.124 e. The van der Waals surface area contributed by atoms with Gasteiger partial charge in [0.15, 0.2) is 0 Å². The Morgan fingerprint density at radius 1 is 1.47 bits per heavy atom. The largest absolute Gasteiger partial charge is 0.384 e. The number of hydrogen-bond acceptors (Lipinski definition) is 3. The zero-order chi connectivity index (χ0) is 12.3. The van der Waals surface area contributed by atoms with Gasteiger partial charge in [-0.3, -0.25) is 4.68 Å². The minimum Gasteiger partial charge on any atom is -0.384 e. The topological polar surface area (TPSA) is 47.3 Å². The van der Waals surface area contributed by atoms with Gasteiger partial charge in [-0.15, -0.1) is 0 Å². The molecule has 0 saturated heterocycles. The third-order valence-corrected chi connectivity index (χ3v) is 3.93. The molecule has 1 fully saturated rings. The molecule has 1 heterocycles. The predicted molar refractivity (Wildman–Crippen MR) is 65.7 cm³/mol. The highest BCUT2D eigenvalue weighted by Gasteiger charge is 2.41. The van der Waals surface area contributed by atoms with Gasteiger partial charge in [0.2, 0.25) is 0 Å². The molecule has 0 aliphatic heterocycles. The van der Waals surface area contributed by atoms with Crippen molar-refractivity contribution in [3.8, 4) is 0 Å². The Morgan fingerprint density at radius 2 is 2.18 bits per heavy atom. The van der Waals surface area contributed by atoms with Crippen molar-refractivity contribution >= 4 is 0 Å². The molecule has 1 aliphatic rings. The van der Waals surface area contributed by atoms with Gasteiger partial charge in [-0.05, 0) is 25.8 Å². The van der Waals surface area contributed by atoms with Crippen molar-refractivity contribution < 1.29 is 9.84 Å². The first-order valence-corrected chi connectivity index (χ1v) is 6.48. The first-order chi connectivity index (χ1) is 8.23. The fraction of sp³-hybridized carbons (Fsp3) is 0.769. The van der Waals surface area contributed by atoms with E-state index < -0.39 is 11.7 Å². The predicted octanol–water partition coefficient (Wildman–Crippen LogP) is 2.29. The SMILES string of the molecule is CCn1nccc1C(O)C1(OC)CCCCC1. The Hall–Kier alpha value is -0.870. The summed E-state index contributed by atoms with van der Waals surface area (Å²) >= 11 is 0. The fourth-order valence-electron chi connectivity index (χ4n) is 2.85. The molecular formula is C13H22N2O2. The van der Waals surface area contributed by atoms with Crippen LogP contribution < -0.4 is 0 Å². The average Bonchev–Trinajstić information content (AvgIpc) is 2.86. The van der Waals surface area contributed by atoms with Crippen LogP contribution in [0.1, 0.15) is 50.8 Å². The Morgan fingerprint density at radius 3 is 2.76 bits per heavy atom. The number of nitrogens with zero attached hydrogens (tertiary/aromatic N) is 2. The van der Waals surface area contributed by atoms with Gasteiger partial charge in [-0.2, -0.15) is 5.10 Å². The highest BCUT2D eigenvalue weighted by Crippen LogP contribution is 2.40. The summed E-state index contributed by atoms with van der Waals surface area (Å²) < 4.78 is 7.52. The van der Waals surface area contributed by atoms with E-state index in [-0.39, 0.29) is 0 Å². The molecule has 0 amide bonds. The first-order valence-electron chi connectivity index (χ1n) is 6.48. The third kappa shape index (κ3) is 2.24. The fourth-order valence-corrected chi connectivity index (χ4v) is 2.85. The number of aliphatic hydroxyl groups excluding tert-OH is 1. The van der Waals surface area contributed by atoms with Crippen LogP contribution in [0.3, 0.4) is 0 Å². The molecule has 0 bridgehead atoms. The van der Waals surface area contributed by atoms with E-state index in [1.54, 1.807) is 13.3 Å². The normalized spacial score (nSPS) is 21.4. The Bertz CT molecular complexity index is 356. The molecular weight excluding hydrogens is 216 g/mol. The monoisotopic (exact) mass is 238 g/mol. The first kappa shape index (κ1) is 12.6. The highest BCUT2D eigenvalue weighted by molar-refractivity contribution is 5.11. The molecule has 4 heteroatoms. The molecule has 1 N–H and O–H groups in total. The lowest BCUT2D eigenvalue weighted by Crippen LogP contribution is -2.41. The van der Waals surface area contributed by atoms with E-state index in [2.05, 4.69) is 5.10 Å². The molecule has 1 saturated carbocycles. The van der Waals surface area contributed by atoms with Crippen LogP contribution in [0, 0.1) is 0 Å². The van der Waals surface area contributed by atoms with Crippen molar-refractivity contribution in [3.63, 3.8) is 0 Å². The Labute approximate surface area is 103 Å². The average molecular weight is 238 g/mol. The van der Waals surface area contributed by atoms with Crippen LogP contribution in [-0.2, 0) is 11.3 Å². The summed E-state index contributed by atoms with van der Waals surface area (Å²) in [6.45, 7) is 2.81. The molecule has 0 spiro atoms. The van der Waals surface area contributed by atoms with E-state index in [4.69, 9.17) is 4.74 Å². The zero-order valence-electron chi connectivity index (χ0n) is 10.7. The molecule has 1 atom stereocenters. The summed E-state index contributed by atoms with van der Waals surface area (Å²) in [4.78, 5) is 0. The number of rotatable bonds is 4. The van der Waals surface area contributed by atoms with Crippen LogP contribution in [0.25, 0.3) is 0 Å². The van der Waals surface area contributed by atoms with Crippen LogP contribution in [0.2, 0.25) is 0 Å². The summed E-state index contributed by atoms with van der Waals surface area (Å²) in [5.41, 5.74) is 0.460. The van der Waals surface area contributed by atoms with Gasteiger partial charge in [0.05, 0.1) is 11.3 Å². The molecule has 96 valence electrons. The lowest BCUT2D eigenvalue weighted by Gasteiger charge is -2.39. The smallest absolute Gasteiger partial charge is 0.124 e. The third-order valence-electron chi connectivity index (χ3n) is 3.93. The second kappa shape index (κ2) is 5.19.